The lowest BCUT2D eigenvalue weighted by Gasteiger charge is -2.38. The molecule has 2 heterocycles. The number of carbonyl (C=O) groups excluding carboxylic acids is 1. The number of carbonyl (C=O) groups is 1. The Morgan fingerprint density at radius 1 is 1.50 bits per heavy atom. The van der Waals surface area contributed by atoms with E-state index in [2.05, 4.69) is 19.2 Å². The number of halogens is 1. The molecule has 1 aliphatic rings. The Hall–Kier alpha value is -0.850. The van der Waals surface area contributed by atoms with Crippen molar-refractivity contribution in [2.75, 3.05) is 13.1 Å². The first-order valence-electron chi connectivity index (χ1n) is 6.68. The molecule has 0 aromatic carbocycles. The number of nitrogens with zero attached hydrogens (tertiary/aromatic N) is 2. The molecule has 2 unspecified atom stereocenters. The van der Waals surface area contributed by atoms with Gasteiger partial charge in [-0.05, 0) is 20.8 Å². The average molecular weight is 320 g/mol. The zero-order valence-corrected chi connectivity index (χ0v) is 13.7. The molecule has 5 nitrogen and oxygen atoms in total. The topological polar surface area (TPSA) is 54.3 Å². The molecule has 114 valence electrons. The average Bonchev–Trinajstić information content (AvgIpc) is 2.70. The molecule has 0 spiro atoms. The van der Waals surface area contributed by atoms with E-state index in [-0.39, 0.29) is 29.2 Å². The highest BCUT2D eigenvalue weighted by atomic mass is 35.5. The molecular weight excluding hydrogens is 298 g/mol. The summed E-state index contributed by atoms with van der Waals surface area (Å²) in [6.45, 7) is 8.14. The third-order valence-electron chi connectivity index (χ3n) is 3.88. The lowest BCUT2D eigenvalue weighted by molar-refractivity contribution is -0.135. The van der Waals surface area contributed by atoms with Crippen LogP contribution in [0.3, 0.4) is 0 Å². The molecule has 2 atom stereocenters. The minimum absolute atomic E-state index is 0. The van der Waals surface area contributed by atoms with Crippen LogP contribution in [0.1, 0.15) is 26.0 Å². The first kappa shape index (κ1) is 17.2. The molecule has 0 aliphatic carbocycles. The van der Waals surface area contributed by atoms with Crippen LogP contribution in [0.5, 0.6) is 0 Å². The number of aromatic nitrogens is 1. The molecule has 1 saturated heterocycles. The van der Waals surface area contributed by atoms with Crippen LogP contribution >= 0.6 is 23.7 Å². The van der Waals surface area contributed by atoms with Crippen molar-refractivity contribution >= 4 is 29.7 Å². The van der Waals surface area contributed by atoms with Gasteiger partial charge in [-0.15, -0.1) is 12.4 Å². The van der Waals surface area contributed by atoms with Gasteiger partial charge in [0.2, 0.25) is 5.91 Å². The van der Waals surface area contributed by atoms with Crippen molar-refractivity contribution < 1.29 is 4.79 Å². The fourth-order valence-corrected chi connectivity index (χ4v) is 3.20. The van der Waals surface area contributed by atoms with Gasteiger partial charge in [0.25, 0.3) is 0 Å². The molecule has 1 aliphatic heterocycles. The fraction of sp³-hybridized carbons (Fsp3) is 0.692. The predicted octanol–water partition coefficient (Wildman–Crippen LogP) is 1.24. The summed E-state index contributed by atoms with van der Waals surface area (Å²) in [5.41, 5.74) is 0.935. The largest absolute Gasteiger partial charge is 0.337 e. The smallest absolute Gasteiger partial charge is 0.307 e. The SMILES string of the molecule is Cc1csc(=O)n1CCC(=O)N1CCNC(C)C1C.Cl. The quantitative estimate of drug-likeness (QED) is 0.912. The van der Waals surface area contributed by atoms with E-state index in [9.17, 15) is 9.59 Å². The minimum atomic E-state index is 0. The van der Waals surface area contributed by atoms with E-state index in [4.69, 9.17) is 0 Å². The van der Waals surface area contributed by atoms with E-state index < -0.39 is 0 Å². The normalized spacial score (nSPS) is 22.4. The second-order valence-electron chi connectivity index (χ2n) is 5.12. The highest BCUT2D eigenvalue weighted by molar-refractivity contribution is 7.07. The van der Waals surface area contributed by atoms with Crippen molar-refractivity contribution in [3.05, 3.63) is 20.7 Å². The molecule has 0 bridgehead atoms. The van der Waals surface area contributed by atoms with Gasteiger partial charge in [-0.1, -0.05) is 11.3 Å². The molecule has 2 rings (SSSR count). The summed E-state index contributed by atoms with van der Waals surface area (Å²) < 4.78 is 1.68. The van der Waals surface area contributed by atoms with Crippen LogP contribution in [0, 0.1) is 6.92 Å². The van der Waals surface area contributed by atoms with Crippen molar-refractivity contribution in [3.8, 4) is 0 Å². The molecule has 20 heavy (non-hydrogen) atoms. The van der Waals surface area contributed by atoms with Gasteiger partial charge in [0.05, 0.1) is 0 Å². The first-order valence-corrected chi connectivity index (χ1v) is 7.56. The molecule has 1 amide bonds. The van der Waals surface area contributed by atoms with Crippen molar-refractivity contribution in [1.29, 1.82) is 0 Å². The minimum Gasteiger partial charge on any atom is -0.337 e. The Morgan fingerprint density at radius 2 is 2.20 bits per heavy atom. The Balaban J connectivity index is 0.00000200. The summed E-state index contributed by atoms with van der Waals surface area (Å²) in [6, 6.07) is 0.532. The van der Waals surface area contributed by atoms with Gasteiger partial charge < -0.3 is 14.8 Å². The Kier molecular flexibility index (Phi) is 6.23. The first-order chi connectivity index (χ1) is 9.00. The number of piperazine rings is 1. The van der Waals surface area contributed by atoms with Crippen molar-refractivity contribution in [2.45, 2.75) is 45.8 Å². The number of thiazole rings is 1. The van der Waals surface area contributed by atoms with E-state index in [0.29, 0.717) is 19.0 Å². The van der Waals surface area contributed by atoms with Crippen LogP contribution in [-0.4, -0.2) is 40.5 Å². The number of hydrogen-bond acceptors (Lipinski definition) is 4. The summed E-state index contributed by atoms with van der Waals surface area (Å²) in [4.78, 5) is 25.8. The van der Waals surface area contributed by atoms with E-state index >= 15 is 0 Å². The van der Waals surface area contributed by atoms with Gasteiger partial charge in [-0.2, -0.15) is 0 Å². The zero-order valence-electron chi connectivity index (χ0n) is 12.1. The van der Waals surface area contributed by atoms with Gasteiger partial charge in [0, 0.05) is 49.2 Å². The van der Waals surface area contributed by atoms with Crippen LogP contribution in [0.15, 0.2) is 10.2 Å². The summed E-state index contributed by atoms with van der Waals surface area (Å²) in [6.07, 6.45) is 0.397. The predicted molar refractivity (Wildman–Crippen MR) is 83.8 cm³/mol. The lowest BCUT2D eigenvalue weighted by Crippen LogP contribution is -2.57. The Bertz CT molecular complexity index is 514. The standard InChI is InChI=1S/C13H21N3O2S.ClH/c1-9-8-19-13(18)15(9)6-4-12(17)16-7-5-14-10(2)11(16)3;/h8,10-11,14H,4-7H2,1-3H3;1H. The maximum absolute atomic E-state index is 12.3. The van der Waals surface area contributed by atoms with Crippen molar-refractivity contribution in [3.63, 3.8) is 0 Å². The number of nitrogens with one attached hydrogen (secondary N) is 1. The fourth-order valence-electron chi connectivity index (χ4n) is 2.43. The molecular formula is C13H22ClN3O2S. The van der Waals surface area contributed by atoms with Gasteiger partial charge in [-0.3, -0.25) is 9.59 Å². The third kappa shape index (κ3) is 3.62. The molecule has 0 saturated carbocycles. The maximum Gasteiger partial charge on any atom is 0.307 e. The summed E-state index contributed by atoms with van der Waals surface area (Å²) in [5.74, 6) is 0.137. The number of hydrogen-bond donors (Lipinski definition) is 1. The van der Waals surface area contributed by atoms with Gasteiger partial charge >= 0.3 is 4.87 Å². The van der Waals surface area contributed by atoms with Crippen LogP contribution in [-0.2, 0) is 11.3 Å². The third-order valence-corrected chi connectivity index (χ3v) is 4.76. The maximum atomic E-state index is 12.3. The van der Waals surface area contributed by atoms with Gasteiger partial charge in [0.1, 0.15) is 0 Å². The molecule has 7 heteroatoms. The summed E-state index contributed by atoms with van der Waals surface area (Å²) in [7, 11) is 0. The second kappa shape index (κ2) is 7.24. The van der Waals surface area contributed by atoms with Crippen LogP contribution in [0.25, 0.3) is 0 Å². The molecule has 1 aromatic heterocycles. The Morgan fingerprint density at radius 3 is 2.80 bits per heavy atom. The van der Waals surface area contributed by atoms with E-state index in [1.807, 2.05) is 17.2 Å². The highest BCUT2D eigenvalue weighted by Gasteiger charge is 2.27. The zero-order chi connectivity index (χ0) is 14.0. The van der Waals surface area contributed by atoms with Crippen LogP contribution < -0.4 is 10.2 Å². The van der Waals surface area contributed by atoms with E-state index in [1.165, 1.54) is 11.3 Å². The van der Waals surface area contributed by atoms with E-state index in [1.54, 1.807) is 4.57 Å². The number of amides is 1. The number of rotatable bonds is 3. The summed E-state index contributed by atoms with van der Waals surface area (Å²) >= 11 is 1.19. The molecule has 1 N–H and O–H groups in total. The van der Waals surface area contributed by atoms with Crippen molar-refractivity contribution in [2.24, 2.45) is 0 Å². The monoisotopic (exact) mass is 319 g/mol. The summed E-state index contributed by atoms with van der Waals surface area (Å²) in [5, 5.41) is 5.19. The van der Waals surface area contributed by atoms with Crippen LogP contribution in [0.4, 0.5) is 0 Å². The van der Waals surface area contributed by atoms with Crippen molar-refractivity contribution in [1.82, 2.24) is 14.8 Å². The van der Waals surface area contributed by atoms with E-state index in [0.717, 1.165) is 18.8 Å². The number of aryl methyl sites for hydroxylation is 1. The second-order valence-corrected chi connectivity index (χ2v) is 5.94. The van der Waals surface area contributed by atoms with Crippen LogP contribution in [0.2, 0.25) is 0 Å². The molecule has 0 radical (unpaired) electrons. The van der Waals surface area contributed by atoms with Gasteiger partial charge in [-0.25, -0.2) is 0 Å². The Labute approximate surface area is 129 Å². The highest BCUT2D eigenvalue weighted by Crippen LogP contribution is 2.11. The van der Waals surface area contributed by atoms with Gasteiger partial charge in [0.15, 0.2) is 0 Å². The molecule has 1 fully saturated rings. The molecule has 1 aromatic rings. The lowest BCUT2D eigenvalue weighted by atomic mass is 10.1.